The van der Waals surface area contributed by atoms with Crippen molar-refractivity contribution in [3.8, 4) is 10.6 Å². The smallest absolute Gasteiger partial charge is 0.407 e. The number of alkyl carbamates (subject to hydrolysis) is 1. The first-order valence-corrected chi connectivity index (χ1v) is 16.0. The van der Waals surface area contributed by atoms with Gasteiger partial charge in [-0.25, -0.2) is 14.4 Å². The summed E-state index contributed by atoms with van der Waals surface area (Å²) in [6.45, 7) is 20.0. The number of anilines is 1. The molecule has 0 radical (unpaired) electrons. The van der Waals surface area contributed by atoms with Crippen LogP contribution in [0.2, 0.25) is 0 Å². The maximum atomic E-state index is 12.5. The predicted octanol–water partition coefficient (Wildman–Crippen LogP) is 6.36. The van der Waals surface area contributed by atoms with Crippen LogP contribution in [0.15, 0.2) is 30.3 Å². The molecule has 1 amide bonds. The molecule has 3 fully saturated rings. The van der Waals surface area contributed by atoms with E-state index in [0.717, 1.165) is 41.7 Å². The third kappa shape index (κ3) is 5.10. The van der Waals surface area contributed by atoms with Gasteiger partial charge in [-0.2, -0.15) is 0 Å². The number of rotatable bonds is 5. The van der Waals surface area contributed by atoms with E-state index in [-0.39, 0.29) is 6.09 Å². The minimum Gasteiger partial charge on any atom is -0.444 e. The fourth-order valence-electron chi connectivity index (χ4n) is 7.21. The van der Waals surface area contributed by atoms with Gasteiger partial charge in [0, 0.05) is 42.2 Å². The Labute approximate surface area is 242 Å². The Bertz CT molecular complexity index is 1460. The van der Waals surface area contributed by atoms with Gasteiger partial charge in [0.1, 0.15) is 18.7 Å². The minimum atomic E-state index is -0.527. The largest absolute Gasteiger partial charge is 0.444 e. The standard InChI is InChI=1S/C33H44N4O2S/c1-8-20-16-37(17-21(20)9-2)28-14-30-27(12-22(28)15-34-31(38)39-32(3,4)5)35-26-11-10-23(13-29(26)40-30)36-18-24-25(19-36)33(24,6)7/h10-14,20-21,24-25H,8-9,15-19H2,1-7H3/p+1. The molecule has 2 aliphatic carbocycles. The second-order valence-corrected chi connectivity index (χ2v) is 14.9. The highest BCUT2D eigenvalue weighted by Crippen LogP contribution is 2.62. The van der Waals surface area contributed by atoms with Gasteiger partial charge in [-0.15, -0.1) is 11.3 Å². The van der Waals surface area contributed by atoms with Crippen LogP contribution < -0.4 is 20.1 Å². The number of fused-ring (bicyclic) bond motifs is 3. The summed E-state index contributed by atoms with van der Waals surface area (Å²) in [6, 6.07) is 11.3. The summed E-state index contributed by atoms with van der Waals surface area (Å²) in [6.07, 6.45) is 2.00. The topological polar surface area (TPSA) is 57.5 Å². The third-order valence-corrected chi connectivity index (χ3v) is 10.9. The van der Waals surface area contributed by atoms with Crippen molar-refractivity contribution in [1.82, 2.24) is 14.9 Å². The molecule has 4 atom stereocenters. The Kier molecular flexibility index (Phi) is 6.88. The van der Waals surface area contributed by atoms with Crippen LogP contribution in [0.3, 0.4) is 0 Å². The number of hydrogen-bond acceptors (Lipinski definition) is 5. The van der Waals surface area contributed by atoms with Crippen LogP contribution in [-0.4, -0.2) is 42.9 Å². The van der Waals surface area contributed by atoms with E-state index in [2.05, 4.69) is 72.8 Å². The zero-order chi connectivity index (χ0) is 28.4. The molecule has 1 aromatic rings. The lowest BCUT2D eigenvalue weighted by molar-refractivity contribution is 0.0523. The lowest BCUT2D eigenvalue weighted by Crippen LogP contribution is -2.36. The Morgan fingerprint density at radius 1 is 1.10 bits per heavy atom. The molecule has 4 unspecified atom stereocenters. The number of nitrogens with one attached hydrogen (secondary N) is 1. The molecular weight excluding hydrogens is 516 g/mol. The Morgan fingerprint density at radius 2 is 1.77 bits per heavy atom. The lowest BCUT2D eigenvalue weighted by atomic mass is 9.92. The molecule has 40 heavy (non-hydrogen) atoms. The van der Waals surface area contributed by atoms with E-state index in [1.165, 1.54) is 46.6 Å². The third-order valence-electron chi connectivity index (χ3n) is 9.84. The van der Waals surface area contributed by atoms with Crippen molar-refractivity contribution >= 4 is 33.3 Å². The van der Waals surface area contributed by atoms with Gasteiger partial charge in [0.2, 0.25) is 5.36 Å². The van der Waals surface area contributed by atoms with Crippen LogP contribution >= 0.6 is 11.3 Å². The van der Waals surface area contributed by atoms with Crippen molar-refractivity contribution in [3.05, 3.63) is 41.3 Å². The second-order valence-electron chi connectivity index (χ2n) is 13.9. The Hall–Kier alpha value is -2.67. The number of ether oxygens (including phenoxy) is 1. The van der Waals surface area contributed by atoms with Gasteiger partial charge in [0.05, 0.1) is 27.3 Å². The van der Waals surface area contributed by atoms with E-state index < -0.39 is 5.60 Å². The summed E-state index contributed by atoms with van der Waals surface area (Å²) in [5.41, 5.74) is 4.42. The average Bonchev–Trinajstić information content (AvgIpc) is 3.31. The number of benzene rings is 2. The quantitative estimate of drug-likeness (QED) is 0.291. The molecule has 3 heterocycles. The Morgan fingerprint density at radius 3 is 2.40 bits per heavy atom. The van der Waals surface area contributed by atoms with Gasteiger partial charge in [-0.05, 0) is 75.1 Å². The molecule has 214 valence electrons. The summed E-state index contributed by atoms with van der Waals surface area (Å²) in [7, 11) is 0. The number of hydrogen-bond donors (Lipinski definition) is 1. The molecular formula is C33H45N4O2S+. The van der Waals surface area contributed by atoms with Gasteiger partial charge in [-0.3, -0.25) is 0 Å². The van der Waals surface area contributed by atoms with Gasteiger partial charge in [0.15, 0.2) is 0 Å². The van der Waals surface area contributed by atoms with Gasteiger partial charge >= 0.3 is 6.09 Å². The van der Waals surface area contributed by atoms with Crippen molar-refractivity contribution in [2.45, 2.75) is 73.5 Å². The van der Waals surface area contributed by atoms with Crippen LogP contribution in [0.1, 0.15) is 66.9 Å². The number of piperidine rings is 1. The second kappa shape index (κ2) is 10.0. The van der Waals surface area contributed by atoms with Crippen LogP contribution in [0, 0.1) is 29.1 Å². The summed E-state index contributed by atoms with van der Waals surface area (Å²) in [4.78, 5) is 21.4. The number of nitrogens with zero attached hydrogens (tertiary/aromatic N) is 3. The first kappa shape index (κ1) is 27.5. The molecule has 0 bridgehead atoms. The minimum absolute atomic E-state index is 0.386. The van der Waals surface area contributed by atoms with E-state index in [1.807, 2.05) is 32.1 Å². The first-order valence-electron chi connectivity index (χ1n) is 15.1. The zero-order valence-electron chi connectivity index (χ0n) is 25.2. The highest BCUT2D eigenvalue weighted by atomic mass is 32.1. The van der Waals surface area contributed by atoms with Crippen LogP contribution in [-0.2, 0) is 11.3 Å². The average molecular weight is 562 g/mol. The van der Waals surface area contributed by atoms with Crippen molar-refractivity contribution in [2.24, 2.45) is 29.1 Å². The molecule has 2 saturated heterocycles. The summed E-state index contributed by atoms with van der Waals surface area (Å²) in [5.74, 6) is 3.06. The normalized spacial score (nSPS) is 25.5. The van der Waals surface area contributed by atoms with Crippen molar-refractivity contribution in [2.75, 3.05) is 31.1 Å². The van der Waals surface area contributed by atoms with Crippen molar-refractivity contribution in [3.63, 3.8) is 0 Å². The molecule has 3 aliphatic heterocycles. The van der Waals surface area contributed by atoms with Gasteiger partial charge < -0.3 is 15.0 Å². The molecule has 6 nitrogen and oxygen atoms in total. The monoisotopic (exact) mass is 561 g/mol. The number of aromatic nitrogens is 1. The van der Waals surface area contributed by atoms with E-state index in [0.29, 0.717) is 23.8 Å². The van der Waals surface area contributed by atoms with Crippen LogP contribution in [0.5, 0.6) is 0 Å². The number of carbonyl (C=O) groups is 1. The SMILES string of the molecule is CCC1C[N+](=c2cc3sc4cc(N5CC6C(C5)C6(C)C)ccc4nc-3cc2CNC(=O)OC(C)(C)C)CC1CC. The fourth-order valence-corrected chi connectivity index (χ4v) is 8.23. The number of carbonyl (C=O) groups excluding carboxylic acids is 1. The van der Waals surface area contributed by atoms with Crippen LogP contribution in [0.4, 0.5) is 10.5 Å². The highest BCUT2D eigenvalue weighted by molar-refractivity contribution is 7.21. The fraction of sp³-hybridized carbons (Fsp3) is 0.606. The molecule has 5 aliphatic rings. The van der Waals surface area contributed by atoms with Gasteiger partial charge in [-0.1, -0.05) is 27.7 Å². The molecule has 1 aromatic carbocycles. The highest BCUT2D eigenvalue weighted by Gasteiger charge is 2.61. The van der Waals surface area contributed by atoms with E-state index >= 15 is 0 Å². The summed E-state index contributed by atoms with van der Waals surface area (Å²) in [5, 5.41) is 4.22. The van der Waals surface area contributed by atoms with E-state index in [1.54, 1.807) is 0 Å². The van der Waals surface area contributed by atoms with E-state index in [9.17, 15) is 4.79 Å². The summed E-state index contributed by atoms with van der Waals surface area (Å²) < 4.78 is 9.30. The molecule has 0 aromatic heterocycles. The molecule has 6 rings (SSSR count). The molecule has 1 saturated carbocycles. The lowest BCUT2D eigenvalue weighted by Gasteiger charge is -2.24. The first-order chi connectivity index (χ1) is 19.0. The molecule has 7 heteroatoms. The Balaban J connectivity index is 1.37. The molecule has 1 N–H and O–H groups in total. The van der Waals surface area contributed by atoms with Crippen molar-refractivity contribution in [1.29, 1.82) is 0 Å². The zero-order valence-corrected chi connectivity index (χ0v) is 26.0. The molecule has 0 spiro atoms. The van der Waals surface area contributed by atoms with Crippen molar-refractivity contribution < 1.29 is 9.53 Å². The summed E-state index contributed by atoms with van der Waals surface area (Å²) >= 11 is 1.84. The van der Waals surface area contributed by atoms with E-state index in [4.69, 9.17) is 9.72 Å². The predicted molar refractivity (Wildman–Crippen MR) is 165 cm³/mol. The van der Waals surface area contributed by atoms with Gasteiger partial charge in [0.25, 0.3) is 0 Å². The number of amides is 1. The maximum absolute atomic E-state index is 12.5. The maximum Gasteiger partial charge on any atom is 0.407 e. The van der Waals surface area contributed by atoms with Crippen LogP contribution in [0.25, 0.3) is 20.8 Å².